The molecule has 4 atom stereocenters. The van der Waals surface area contributed by atoms with Gasteiger partial charge in [-0.3, -0.25) is 9.59 Å². The Morgan fingerprint density at radius 2 is 2.12 bits per heavy atom. The quantitative estimate of drug-likeness (QED) is 0.819. The molecule has 1 saturated heterocycles. The van der Waals surface area contributed by atoms with Crippen LogP contribution in [0.15, 0.2) is 0 Å². The van der Waals surface area contributed by atoms with Crippen LogP contribution < -0.4 is 0 Å². The minimum Gasteiger partial charge on any atom is -0.481 e. The van der Waals surface area contributed by atoms with Crippen LogP contribution >= 0.6 is 0 Å². The van der Waals surface area contributed by atoms with Crippen molar-refractivity contribution in [1.29, 1.82) is 0 Å². The van der Waals surface area contributed by atoms with Gasteiger partial charge in [0.25, 0.3) is 0 Å². The van der Waals surface area contributed by atoms with E-state index in [0.29, 0.717) is 18.9 Å². The van der Waals surface area contributed by atoms with Gasteiger partial charge in [0.05, 0.1) is 5.92 Å². The van der Waals surface area contributed by atoms with Gasteiger partial charge in [0.15, 0.2) is 0 Å². The number of carbonyl (C=O) groups is 2. The van der Waals surface area contributed by atoms with Crippen molar-refractivity contribution in [2.24, 2.45) is 17.8 Å². The molecular formula is C13H23NO3. The normalized spacial score (nSPS) is 31.4. The van der Waals surface area contributed by atoms with Crippen molar-refractivity contribution in [3.63, 3.8) is 0 Å². The van der Waals surface area contributed by atoms with Gasteiger partial charge in [0.1, 0.15) is 0 Å². The summed E-state index contributed by atoms with van der Waals surface area (Å²) in [7, 11) is 0. The van der Waals surface area contributed by atoms with Crippen LogP contribution in [0.4, 0.5) is 0 Å². The summed E-state index contributed by atoms with van der Waals surface area (Å²) < 4.78 is 0. The number of hydrogen-bond acceptors (Lipinski definition) is 2. The molecule has 0 aromatic rings. The van der Waals surface area contributed by atoms with Crippen molar-refractivity contribution in [3.05, 3.63) is 0 Å². The van der Waals surface area contributed by atoms with Gasteiger partial charge in [-0.05, 0) is 18.8 Å². The van der Waals surface area contributed by atoms with E-state index in [1.54, 1.807) is 4.90 Å². The van der Waals surface area contributed by atoms with Crippen LogP contribution in [-0.2, 0) is 9.59 Å². The lowest BCUT2D eigenvalue weighted by atomic mass is 9.80. The van der Waals surface area contributed by atoms with Gasteiger partial charge in [-0.25, -0.2) is 0 Å². The average Bonchev–Trinajstić information content (AvgIpc) is 2.22. The molecular weight excluding hydrogens is 218 g/mol. The standard InChI is InChI=1S/C13H23NO3/c1-5-8(2)7-14-10(4)12(13(16)17)9(3)6-11(14)15/h8-10,12H,5-7H2,1-4H3,(H,16,17). The van der Waals surface area contributed by atoms with E-state index in [9.17, 15) is 14.7 Å². The van der Waals surface area contributed by atoms with E-state index in [1.807, 2.05) is 13.8 Å². The summed E-state index contributed by atoms with van der Waals surface area (Å²) in [5.74, 6) is -0.765. The second kappa shape index (κ2) is 5.52. The fourth-order valence-electron chi connectivity index (χ4n) is 2.60. The van der Waals surface area contributed by atoms with E-state index >= 15 is 0 Å². The number of likely N-dealkylation sites (tertiary alicyclic amines) is 1. The smallest absolute Gasteiger partial charge is 0.308 e. The number of rotatable bonds is 4. The average molecular weight is 241 g/mol. The predicted molar refractivity (Wildman–Crippen MR) is 65.5 cm³/mol. The van der Waals surface area contributed by atoms with Crippen LogP contribution in [0.25, 0.3) is 0 Å². The molecule has 1 amide bonds. The van der Waals surface area contributed by atoms with E-state index in [-0.39, 0.29) is 17.9 Å². The fraction of sp³-hybridized carbons (Fsp3) is 0.846. The number of carboxylic acid groups (broad SMARTS) is 1. The molecule has 98 valence electrons. The van der Waals surface area contributed by atoms with Crippen molar-refractivity contribution in [2.75, 3.05) is 6.54 Å². The molecule has 4 nitrogen and oxygen atoms in total. The van der Waals surface area contributed by atoms with Gasteiger partial charge < -0.3 is 10.0 Å². The second-order valence-electron chi connectivity index (χ2n) is 5.35. The summed E-state index contributed by atoms with van der Waals surface area (Å²) in [6.07, 6.45) is 1.36. The topological polar surface area (TPSA) is 57.6 Å². The summed E-state index contributed by atoms with van der Waals surface area (Å²) in [5, 5.41) is 9.24. The third kappa shape index (κ3) is 2.99. The highest BCUT2D eigenvalue weighted by molar-refractivity contribution is 5.81. The molecule has 0 radical (unpaired) electrons. The Labute approximate surface area is 103 Å². The highest BCUT2D eigenvalue weighted by Crippen LogP contribution is 2.30. The van der Waals surface area contributed by atoms with E-state index in [1.165, 1.54) is 0 Å². The van der Waals surface area contributed by atoms with E-state index in [4.69, 9.17) is 0 Å². The minimum atomic E-state index is -0.786. The third-order valence-corrected chi connectivity index (χ3v) is 3.93. The van der Waals surface area contributed by atoms with Gasteiger partial charge in [-0.1, -0.05) is 27.2 Å². The molecule has 0 aromatic heterocycles. The Morgan fingerprint density at radius 3 is 2.59 bits per heavy atom. The molecule has 1 N–H and O–H groups in total. The number of nitrogens with zero attached hydrogens (tertiary/aromatic N) is 1. The monoisotopic (exact) mass is 241 g/mol. The maximum atomic E-state index is 12.0. The first kappa shape index (κ1) is 14.0. The lowest BCUT2D eigenvalue weighted by Gasteiger charge is -2.41. The van der Waals surface area contributed by atoms with Crippen molar-refractivity contribution < 1.29 is 14.7 Å². The molecule has 1 rings (SSSR count). The first-order chi connectivity index (χ1) is 7.88. The number of amides is 1. The predicted octanol–water partition coefficient (Wildman–Crippen LogP) is 1.99. The van der Waals surface area contributed by atoms with Crippen LogP contribution in [0.3, 0.4) is 0 Å². The van der Waals surface area contributed by atoms with Gasteiger partial charge >= 0.3 is 5.97 Å². The maximum Gasteiger partial charge on any atom is 0.308 e. The van der Waals surface area contributed by atoms with Gasteiger partial charge in [0.2, 0.25) is 5.91 Å². The molecule has 17 heavy (non-hydrogen) atoms. The fourth-order valence-corrected chi connectivity index (χ4v) is 2.60. The Hall–Kier alpha value is -1.06. The van der Waals surface area contributed by atoms with Crippen LogP contribution in [0.5, 0.6) is 0 Å². The Morgan fingerprint density at radius 1 is 1.53 bits per heavy atom. The molecule has 4 unspecified atom stereocenters. The van der Waals surface area contributed by atoms with E-state index in [2.05, 4.69) is 13.8 Å². The lowest BCUT2D eigenvalue weighted by molar-refractivity contribution is -0.155. The van der Waals surface area contributed by atoms with Crippen molar-refractivity contribution >= 4 is 11.9 Å². The zero-order chi connectivity index (χ0) is 13.2. The first-order valence-corrected chi connectivity index (χ1v) is 6.40. The van der Waals surface area contributed by atoms with E-state index < -0.39 is 11.9 Å². The third-order valence-electron chi connectivity index (χ3n) is 3.93. The molecule has 1 aliphatic rings. The lowest BCUT2D eigenvalue weighted by Crippen LogP contribution is -2.53. The first-order valence-electron chi connectivity index (χ1n) is 6.40. The second-order valence-corrected chi connectivity index (χ2v) is 5.35. The van der Waals surface area contributed by atoms with Crippen LogP contribution in [0.2, 0.25) is 0 Å². The highest BCUT2D eigenvalue weighted by Gasteiger charge is 2.41. The zero-order valence-corrected chi connectivity index (χ0v) is 11.1. The Bertz CT molecular complexity index is 303. The number of carbonyl (C=O) groups excluding carboxylic acids is 1. The Kier molecular flexibility index (Phi) is 4.54. The molecule has 1 heterocycles. The zero-order valence-electron chi connectivity index (χ0n) is 11.1. The summed E-state index contributed by atoms with van der Waals surface area (Å²) in [5.41, 5.74) is 0. The molecule has 1 aliphatic heterocycles. The molecule has 0 aromatic carbocycles. The highest BCUT2D eigenvalue weighted by atomic mass is 16.4. The van der Waals surface area contributed by atoms with Crippen LogP contribution in [0.1, 0.15) is 40.5 Å². The summed E-state index contributed by atoms with van der Waals surface area (Å²) in [6.45, 7) is 8.56. The van der Waals surface area contributed by atoms with Gasteiger partial charge in [-0.15, -0.1) is 0 Å². The minimum absolute atomic E-state index is 0.0665. The van der Waals surface area contributed by atoms with Gasteiger partial charge in [-0.2, -0.15) is 0 Å². The van der Waals surface area contributed by atoms with Crippen LogP contribution in [0, 0.1) is 17.8 Å². The Balaban J connectivity index is 2.82. The number of aliphatic carboxylic acids is 1. The van der Waals surface area contributed by atoms with Gasteiger partial charge in [0, 0.05) is 19.0 Å². The van der Waals surface area contributed by atoms with E-state index in [0.717, 1.165) is 6.42 Å². The summed E-state index contributed by atoms with van der Waals surface area (Å²) >= 11 is 0. The summed E-state index contributed by atoms with van der Waals surface area (Å²) in [6, 6.07) is -0.197. The molecule has 0 aliphatic carbocycles. The van der Waals surface area contributed by atoms with Crippen molar-refractivity contribution in [2.45, 2.75) is 46.6 Å². The van der Waals surface area contributed by atoms with Crippen molar-refractivity contribution in [3.8, 4) is 0 Å². The number of hydrogen-bond donors (Lipinski definition) is 1. The molecule has 4 heteroatoms. The number of carboxylic acids is 1. The van der Waals surface area contributed by atoms with Crippen molar-refractivity contribution in [1.82, 2.24) is 4.90 Å². The maximum absolute atomic E-state index is 12.0. The summed E-state index contributed by atoms with van der Waals surface area (Å²) in [4.78, 5) is 25.0. The largest absolute Gasteiger partial charge is 0.481 e. The SMILES string of the molecule is CCC(C)CN1C(=O)CC(C)C(C(=O)O)C1C. The molecule has 0 spiro atoms. The molecule has 0 bridgehead atoms. The van der Waals surface area contributed by atoms with Crippen LogP contribution in [-0.4, -0.2) is 34.5 Å². The number of piperidine rings is 1. The molecule has 1 fully saturated rings. The molecule has 0 saturated carbocycles.